The van der Waals surface area contributed by atoms with Crippen molar-refractivity contribution in [2.45, 2.75) is 52.9 Å². The van der Waals surface area contributed by atoms with Gasteiger partial charge in [0.1, 0.15) is 5.82 Å². The molecule has 1 N–H and O–H groups in total. The van der Waals surface area contributed by atoms with Crippen LogP contribution in [0.1, 0.15) is 32.5 Å². The third-order valence-corrected chi connectivity index (χ3v) is 4.50. The summed E-state index contributed by atoms with van der Waals surface area (Å²) in [6.45, 7) is 9.62. The van der Waals surface area contributed by atoms with Gasteiger partial charge in [0.15, 0.2) is 4.77 Å². The molecule has 1 atom stereocenters. The van der Waals surface area contributed by atoms with Crippen molar-refractivity contribution in [3.8, 4) is 0 Å². The molecule has 0 aromatic carbocycles. The van der Waals surface area contributed by atoms with Crippen LogP contribution < -0.4 is 0 Å². The van der Waals surface area contributed by atoms with Gasteiger partial charge in [0.2, 0.25) is 0 Å². The maximum atomic E-state index is 9.61. The van der Waals surface area contributed by atoms with E-state index in [9.17, 15) is 5.11 Å². The monoisotopic (exact) mass is 284 g/mol. The van der Waals surface area contributed by atoms with Crippen molar-refractivity contribution in [1.29, 1.82) is 0 Å². The number of likely N-dealkylation sites (tertiary alicyclic amines) is 1. The molecule has 5 nitrogen and oxygen atoms in total. The molecule has 2 heterocycles. The summed E-state index contributed by atoms with van der Waals surface area (Å²) >= 11 is 5.44. The third kappa shape index (κ3) is 3.24. The second kappa shape index (κ2) is 6.15. The van der Waals surface area contributed by atoms with E-state index in [-0.39, 0.29) is 6.10 Å². The molecule has 0 spiro atoms. The molecule has 0 radical (unpaired) electrons. The quantitative estimate of drug-likeness (QED) is 0.856. The van der Waals surface area contributed by atoms with Gasteiger partial charge in [-0.2, -0.15) is 5.10 Å². The standard InChI is InChI=1S/C13H24N4OS/c1-4-16-11(3)14-17(13(16)19)9-15-7-5-12(6-8-15)10(2)18/h10,12,18H,4-9H2,1-3H3. The predicted molar refractivity (Wildman–Crippen MR) is 77.4 cm³/mol. The highest BCUT2D eigenvalue weighted by Crippen LogP contribution is 2.20. The summed E-state index contributed by atoms with van der Waals surface area (Å²) in [6, 6.07) is 0. The van der Waals surface area contributed by atoms with Gasteiger partial charge in [0, 0.05) is 19.6 Å². The fourth-order valence-electron chi connectivity index (χ4n) is 2.77. The number of hydrogen-bond acceptors (Lipinski definition) is 4. The molecule has 108 valence electrons. The van der Waals surface area contributed by atoms with Gasteiger partial charge in [-0.05, 0) is 51.7 Å². The van der Waals surface area contributed by atoms with Crippen molar-refractivity contribution in [3.63, 3.8) is 0 Å². The molecule has 1 fully saturated rings. The topological polar surface area (TPSA) is 46.2 Å². The molecule has 19 heavy (non-hydrogen) atoms. The van der Waals surface area contributed by atoms with Crippen LogP contribution in [0.15, 0.2) is 0 Å². The molecule has 0 amide bonds. The Kier molecular flexibility index (Phi) is 4.76. The lowest BCUT2D eigenvalue weighted by molar-refractivity contribution is 0.0591. The molecular weight excluding hydrogens is 260 g/mol. The third-order valence-electron chi connectivity index (χ3n) is 4.07. The molecule has 0 bridgehead atoms. The van der Waals surface area contributed by atoms with Crippen LogP contribution in [0.2, 0.25) is 0 Å². The Balaban J connectivity index is 1.98. The SMILES string of the molecule is CCn1c(C)nn(CN2CCC(C(C)O)CC2)c1=S. The molecule has 1 aromatic heterocycles. The number of aliphatic hydroxyl groups is 1. The van der Waals surface area contributed by atoms with Crippen LogP contribution in [0.3, 0.4) is 0 Å². The number of nitrogens with zero attached hydrogens (tertiary/aromatic N) is 4. The lowest BCUT2D eigenvalue weighted by atomic mass is 9.92. The van der Waals surface area contributed by atoms with E-state index in [0.717, 1.165) is 49.7 Å². The molecule has 1 aromatic rings. The minimum absolute atomic E-state index is 0.189. The zero-order valence-corrected chi connectivity index (χ0v) is 12.9. The maximum absolute atomic E-state index is 9.61. The average Bonchev–Trinajstić information content (AvgIpc) is 2.64. The van der Waals surface area contributed by atoms with Crippen molar-refractivity contribution in [2.75, 3.05) is 13.1 Å². The van der Waals surface area contributed by atoms with E-state index in [1.54, 1.807) is 0 Å². The molecule has 1 aliphatic rings. The van der Waals surface area contributed by atoms with Crippen molar-refractivity contribution in [2.24, 2.45) is 5.92 Å². The van der Waals surface area contributed by atoms with Crippen molar-refractivity contribution < 1.29 is 5.11 Å². The van der Waals surface area contributed by atoms with Gasteiger partial charge in [-0.3, -0.25) is 4.90 Å². The van der Waals surface area contributed by atoms with E-state index < -0.39 is 0 Å². The lowest BCUT2D eigenvalue weighted by Gasteiger charge is -2.32. The van der Waals surface area contributed by atoms with E-state index in [1.807, 2.05) is 18.5 Å². The Labute approximate surface area is 119 Å². The molecule has 1 saturated heterocycles. The first-order valence-electron chi connectivity index (χ1n) is 7.07. The normalized spacial score (nSPS) is 19.8. The number of rotatable bonds is 4. The van der Waals surface area contributed by atoms with Crippen LogP contribution in [0.25, 0.3) is 0 Å². The number of aryl methyl sites for hydroxylation is 1. The van der Waals surface area contributed by atoms with Gasteiger partial charge < -0.3 is 9.67 Å². The van der Waals surface area contributed by atoms with E-state index in [4.69, 9.17) is 12.2 Å². The Hall–Kier alpha value is -0.720. The predicted octanol–water partition coefficient (Wildman–Crippen LogP) is 1.79. The largest absolute Gasteiger partial charge is 0.393 e. The van der Waals surface area contributed by atoms with E-state index in [2.05, 4.69) is 21.5 Å². The van der Waals surface area contributed by atoms with Crippen LogP contribution in [0.5, 0.6) is 0 Å². The minimum Gasteiger partial charge on any atom is -0.393 e. The fraction of sp³-hybridized carbons (Fsp3) is 0.846. The van der Waals surface area contributed by atoms with Gasteiger partial charge >= 0.3 is 0 Å². The first kappa shape index (κ1) is 14.7. The highest BCUT2D eigenvalue weighted by Gasteiger charge is 2.23. The van der Waals surface area contributed by atoms with Crippen LogP contribution in [-0.2, 0) is 13.2 Å². The molecule has 1 aliphatic heterocycles. The molecule has 1 unspecified atom stereocenters. The smallest absolute Gasteiger partial charge is 0.199 e. The van der Waals surface area contributed by atoms with Crippen molar-refractivity contribution >= 4 is 12.2 Å². The number of aromatic nitrogens is 3. The Bertz CT molecular complexity index is 471. The van der Waals surface area contributed by atoms with Gasteiger partial charge in [-0.15, -0.1) is 0 Å². The Morgan fingerprint density at radius 1 is 1.42 bits per heavy atom. The summed E-state index contributed by atoms with van der Waals surface area (Å²) < 4.78 is 4.77. The lowest BCUT2D eigenvalue weighted by Crippen LogP contribution is -2.38. The second-order valence-corrected chi connectivity index (χ2v) is 5.78. The molecule has 2 rings (SSSR count). The summed E-state index contributed by atoms with van der Waals surface area (Å²) in [5.74, 6) is 1.42. The molecule has 0 aliphatic carbocycles. The highest BCUT2D eigenvalue weighted by molar-refractivity contribution is 7.71. The van der Waals surface area contributed by atoms with Crippen LogP contribution >= 0.6 is 12.2 Å². The molecule has 0 saturated carbocycles. The van der Waals surface area contributed by atoms with Crippen LogP contribution in [-0.4, -0.2) is 43.5 Å². The average molecular weight is 284 g/mol. The first-order valence-corrected chi connectivity index (χ1v) is 7.48. The molecular formula is C13H24N4OS. The summed E-state index contributed by atoms with van der Waals surface area (Å²) in [7, 11) is 0. The number of piperidine rings is 1. The van der Waals surface area contributed by atoms with Crippen molar-refractivity contribution in [1.82, 2.24) is 19.2 Å². The Morgan fingerprint density at radius 2 is 2.05 bits per heavy atom. The van der Waals surface area contributed by atoms with Crippen LogP contribution in [0, 0.1) is 17.6 Å². The number of hydrogen-bond donors (Lipinski definition) is 1. The zero-order valence-electron chi connectivity index (χ0n) is 12.0. The van der Waals surface area contributed by atoms with E-state index in [1.165, 1.54) is 0 Å². The maximum Gasteiger partial charge on any atom is 0.199 e. The van der Waals surface area contributed by atoms with E-state index >= 15 is 0 Å². The van der Waals surface area contributed by atoms with Crippen LogP contribution in [0.4, 0.5) is 0 Å². The van der Waals surface area contributed by atoms with Gasteiger partial charge in [-0.25, -0.2) is 4.68 Å². The van der Waals surface area contributed by atoms with Gasteiger partial charge in [0.05, 0.1) is 12.8 Å². The Morgan fingerprint density at radius 3 is 2.53 bits per heavy atom. The summed E-state index contributed by atoms with van der Waals surface area (Å²) in [5.41, 5.74) is 0. The van der Waals surface area contributed by atoms with E-state index in [0.29, 0.717) is 5.92 Å². The minimum atomic E-state index is -0.189. The molecule has 6 heteroatoms. The second-order valence-electron chi connectivity index (χ2n) is 5.41. The van der Waals surface area contributed by atoms with Gasteiger partial charge in [0.25, 0.3) is 0 Å². The summed E-state index contributed by atoms with van der Waals surface area (Å²) in [4.78, 5) is 2.36. The van der Waals surface area contributed by atoms with Gasteiger partial charge in [-0.1, -0.05) is 0 Å². The highest BCUT2D eigenvalue weighted by atomic mass is 32.1. The summed E-state index contributed by atoms with van der Waals surface area (Å²) in [6.07, 6.45) is 1.92. The first-order chi connectivity index (χ1) is 9.02. The van der Waals surface area contributed by atoms with Crippen molar-refractivity contribution in [3.05, 3.63) is 10.6 Å². The zero-order chi connectivity index (χ0) is 14.0. The fourth-order valence-corrected chi connectivity index (χ4v) is 3.13. The summed E-state index contributed by atoms with van der Waals surface area (Å²) in [5, 5.41) is 14.1. The number of aliphatic hydroxyl groups excluding tert-OH is 1.